The second-order valence-corrected chi connectivity index (χ2v) is 11.6. The van der Waals surface area contributed by atoms with Crippen LogP contribution in [0.2, 0.25) is 10.0 Å². The van der Waals surface area contributed by atoms with E-state index in [0.29, 0.717) is 16.9 Å². The molecule has 2 aromatic rings. The Morgan fingerprint density at radius 3 is 2.18 bits per heavy atom. The minimum Gasteiger partial charge on any atom is -0.331 e. The summed E-state index contributed by atoms with van der Waals surface area (Å²) in [5, 5.41) is 1.45. The smallest absolute Gasteiger partial charge is 0.229 e. The van der Waals surface area contributed by atoms with Crippen LogP contribution in [0.1, 0.15) is 90.3 Å². The van der Waals surface area contributed by atoms with E-state index in [4.69, 9.17) is 23.2 Å². The van der Waals surface area contributed by atoms with E-state index in [1.54, 1.807) is 0 Å². The Bertz CT molecular complexity index is 939. The van der Waals surface area contributed by atoms with Crippen molar-refractivity contribution in [2.75, 3.05) is 0 Å². The number of benzene rings is 2. The molecule has 1 saturated heterocycles. The first-order valence-corrected chi connectivity index (χ1v) is 13.2. The molecule has 1 aliphatic rings. The molecule has 1 fully saturated rings. The summed E-state index contributed by atoms with van der Waals surface area (Å²) in [6.07, 6.45) is 3.74. The fourth-order valence-electron chi connectivity index (χ4n) is 5.36. The van der Waals surface area contributed by atoms with Crippen molar-refractivity contribution in [3.8, 4) is 0 Å². The van der Waals surface area contributed by atoms with Crippen molar-refractivity contribution in [3.63, 3.8) is 0 Å². The lowest BCUT2D eigenvalue weighted by molar-refractivity contribution is -0.156. The van der Waals surface area contributed by atoms with E-state index in [-0.39, 0.29) is 23.9 Å². The first kappa shape index (κ1) is 26.1. The van der Waals surface area contributed by atoms with Gasteiger partial charge in [0.2, 0.25) is 5.91 Å². The Labute approximate surface area is 210 Å². The first-order chi connectivity index (χ1) is 15.6. The highest BCUT2D eigenvalue weighted by Gasteiger charge is 2.51. The van der Waals surface area contributed by atoms with Gasteiger partial charge in [-0.1, -0.05) is 89.0 Å². The van der Waals surface area contributed by atoms with Crippen LogP contribution in [0.5, 0.6) is 0 Å². The molecule has 4 heteroatoms. The van der Waals surface area contributed by atoms with E-state index in [2.05, 4.69) is 70.7 Å². The maximum atomic E-state index is 14.2. The molecule has 0 N–H and O–H groups in total. The highest BCUT2D eigenvalue weighted by Crippen LogP contribution is 2.52. The van der Waals surface area contributed by atoms with Gasteiger partial charge in [0, 0.05) is 27.4 Å². The van der Waals surface area contributed by atoms with Crippen LogP contribution in [0.25, 0.3) is 0 Å². The van der Waals surface area contributed by atoms with Crippen LogP contribution in [0.15, 0.2) is 48.5 Å². The van der Waals surface area contributed by atoms with Crippen LogP contribution in [-0.2, 0) is 4.79 Å². The minimum atomic E-state index is -0.402. The summed E-state index contributed by atoms with van der Waals surface area (Å²) in [7, 11) is 0. The van der Waals surface area contributed by atoms with Crippen molar-refractivity contribution in [2.45, 2.75) is 85.2 Å². The fourth-order valence-corrected chi connectivity index (χ4v) is 5.68. The van der Waals surface area contributed by atoms with E-state index in [0.717, 1.165) is 36.3 Å². The van der Waals surface area contributed by atoms with Crippen molar-refractivity contribution < 1.29 is 4.79 Å². The molecular formula is C29H39Cl2NO. The largest absolute Gasteiger partial charge is 0.331 e. The zero-order chi connectivity index (χ0) is 24.3. The van der Waals surface area contributed by atoms with E-state index >= 15 is 0 Å². The predicted octanol–water partition coefficient (Wildman–Crippen LogP) is 8.93. The molecule has 0 aliphatic carbocycles. The van der Waals surface area contributed by atoms with Crippen LogP contribution in [-0.4, -0.2) is 16.8 Å². The SMILES string of the molecule is CC[C@@]1(C)C[C@H](c2cccc(Cl)c2)C(c2ccc(Cl)cc2)N([C@H](CCC(C)C)C(C)C)C1=O. The number of hydrogen-bond donors (Lipinski definition) is 0. The lowest BCUT2D eigenvalue weighted by Crippen LogP contribution is -2.56. The average Bonchev–Trinajstić information content (AvgIpc) is 2.77. The monoisotopic (exact) mass is 487 g/mol. The van der Waals surface area contributed by atoms with Crippen molar-refractivity contribution in [1.82, 2.24) is 4.90 Å². The maximum absolute atomic E-state index is 14.2. The van der Waals surface area contributed by atoms with Crippen molar-refractivity contribution in [1.29, 1.82) is 0 Å². The third-order valence-electron chi connectivity index (χ3n) is 7.54. The third-order valence-corrected chi connectivity index (χ3v) is 8.02. The van der Waals surface area contributed by atoms with Gasteiger partial charge in [-0.05, 0) is 72.9 Å². The third kappa shape index (κ3) is 5.77. The van der Waals surface area contributed by atoms with E-state index in [1.165, 1.54) is 5.56 Å². The second-order valence-electron chi connectivity index (χ2n) is 10.8. The molecular weight excluding hydrogens is 449 g/mol. The van der Waals surface area contributed by atoms with Crippen LogP contribution in [0.4, 0.5) is 0 Å². The van der Waals surface area contributed by atoms with Gasteiger partial charge in [-0.3, -0.25) is 4.79 Å². The average molecular weight is 489 g/mol. The van der Waals surface area contributed by atoms with Gasteiger partial charge in [-0.2, -0.15) is 0 Å². The molecule has 0 saturated carbocycles. The van der Waals surface area contributed by atoms with Crippen molar-refractivity contribution in [3.05, 3.63) is 69.7 Å². The molecule has 1 aliphatic heterocycles. The Balaban J connectivity index is 2.21. The quantitative estimate of drug-likeness (QED) is 0.363. The molecule has 2 nitrogen and oxygen atoms in total. The Hall–Kier alpha value is -1.51. The van der Waals surface area contributed by atoms with Crippen molar-refractivity contribution >= 4 is 29.1 Å². The lowest BCUT2D eigenvalue weighted by Gasteiger charge is -2.53. The number of carbonyl (C=O) groups excluding carboxylic acids is 1. The zero-order valence-electron chi connectivity index (χ0n) is 20.9. The summed E-state index contributed by atoms with van der Waals surface area (Å²) in [6, 6.07) is 16.4. The molecule has 1 unspecified atom stereocenters. The van der Waals surface area contributed by atoms with E-state index in [1.807, 2.05) is 24.3 Å². The fraction of sp³-hybridized carbons (Fsp3) is 0.552. The molecule has 0 aromatic heterocycles. The summed E-state index contributed by atoms with van der Waals surface area (Å²) in [5.41, 5.74) is 1.94. The standard InChI is InChI=1S/C29H39Cl2NO/c1-7-29(6)18-25(22-9-8-10-24(31)17-22)27(21-12-14-23(30)15-13-21)32(28(29)33)26(20(4)5)16-11-19(2)3/h8-10,12-15,17,19-20,25-27H,7,11,16,18H2,1-6H3/t25-,26-,27?,29+/m1/s1. The maximum Gasteiger partial charge on any atom is 0.229 e. The number of amides is 1. The van der Waals surface area contributed by atoms with Gasteiger partial charge in [-0.15, -0.1) is 0 Å². The molecule has 0 radical (unpaired) electrons. The van der Waals surface area contributed by atoms with Gasteiger partial charge in [0.25, 0.3) is 0 Å². The van der Waals surface area contributed by atoms with Crippen LogP contribution in [0.3, 0.4) is 0 Å². The number of nitrogens with zero attached hydrogens (tertiary/aromatic N) is 1. The summed E-state index contributed by atoms with van der Waals surface area (Å²) in [4.78, 5) is 16.5. The lowest BCUT2D eigenvalue weighted by atomic mass is 9.66. The van der Waals surface area contributed by atoms with Gasteiger partial charge in [0.1, 0.15) is 0 Å². The first-order valence-electron chi connectivity index (χ1n) is 12.4. The number of carbonyl (C=O) groups is 1. The summed E-state index contributed by atoms with van der Waals surface area (Å²) in [6.45, 7) is 13.3. The number of hydrogen-bond acceptors (Lipinski definition) is 1. The van der Waals surface area contributed by atoms with Crippen molar-refractivity contribution in [2.24, 2.45) is 17.3 Å². The predicted molar refractivity (Wildman–Crippen MR) is 141 cm³/mol. The number of likely N-dealkylation sites (tertiary alicyclic amines) is 1. The van der Waals surface area contributed by atoms with Gasteiger partial charge in [0.15, 0.2) is 0 Å². The Morgan fingerprint density at radius 2 is 1.64 bits per heavy atom. The van der Waals surface area contributed by atoms with Crippen LogP contribution >= 0.6 is 23.2 Å². The summed E-state index contributed by atoms with van der Waals surface area (Å²) in [5.74, 6) is 1.40. The minimum absolute atomic E-state index is 0.0487. The number of piperidine rings is 1. The molecule has 4 atom stereocenters. The molecule has 1 heterocycles. The van der Waals surface area contributed by atoms with Gasteiger partial charge in [-0.25, -0.2) is 0 Å². The molecule has 33 heavy (non-hydrogen) atoms. The Morgan fingerprint density at radius 1 is 0.970 bits per heavy atom. The number of rotatable bonds is 8. The topological polar surface area (TPSA) is 20.3 Å². The van der Waals surface area contributed by atoms with E-state index < -0.39 is 5.41 Å². The molecule has 0 spiro atoms. The zero-order valence-corrected chi connectivity index (χ0v) is 22.5. The van der Waals surface area contributed by atoms with Gasteiger partial charge < -0.3 is 4.90 Å². The Kier molecular flexibility index (Phi) is 8.56. The highest BCUT2D eigenvalue weighted by atomic mass is 35.5. The van der Waals surface area contributed by atoms with E-state index in [9.17, 15) is 4.79 Å². The molecule has 3 rings (SSSR count). The second kappa shape index (κ2) is 10.8. The molecule has 0 bridgehead atoms. The normalized spacial score (nSPS) is 24.5. The molecule has 1 amide bonds. The van der Waals surface area contributed by atoms with Crippen LogP contribution < -0.4 is 0 Å². The van der Waals surface area contributed by atoms with Gasteiger partial charge in [0.05, 0.1) is 6.04 Å². The van der Waals surface area contributed by atoms with Crippen LogP contribution in [0, 0.1) is 17.3 Å². The highest BCUT2D eigenvalue weighted by molar-refractivity contribution is 6.30. The molecule has 180 valence electrons. The summed E-state index contributed by atoms with van der Waals surface area (Å²) < 4.78 is 0. The molecule has 2 aromatic carbocycles. The number of halogens is 2. The van der Waals surface area contributed by atoms with Gasteiger partial charge >= 0.3 is 0 Å². The summed E-state index contributed by atoms with van der Waals surface area (Å²) >= 11 is 12.7.